The summed E-state index contributed by atoms with van der Waals surface area (Å²) in [6.07, 6.45) is 1.49. The average molecular weight is 364 g/mol. The van der Waals surface area contributed by atoms with Crippen molar-refractivity contribution in [1.29, 1.82) is 0 Å². The molecule has 138 valence electrons. The summed E-state index contributed by atoms with van der Waals surface area (Å²) >= 11 is 0. The molecule has 1 saturated heterocycles. The second kappa shape index (κ2) is 7.45. The van der Waals surface area contributed by atoms with Gasteiger partial charge in [0.15, 0.2) is 0 Å². The predicted octanol–water partition coefficient (Wildman–Crippen LogP) is 3.49. The summed E-state index contributed by atoms with van der Waals surface area (Å²) < 4.78 is 5.08. The quantitative estimate of drug-likeness (QED) is 0.666. The third kappa shape index (κ3) is 3.74. The molecule has 0 radical (unpaired) electrons. The van der Waals surface area contributed by atoms with Crippen LogP contribution in [0, 0.1) is 0 Å². The van der Waals surface area contributed by atoms with Crippen molar-refractivity contribution in [1.82, 2.24) is 5.32 Å². The SMILES string of the molecule is COc1ccc(N2C(=O)NC(=O)/C(=C\c3ccc(C(C)C)cc3)C2=O)cc1. The van der Waals surface area contributed by atoms with Crippen LogP contribution in [0.3, 0.4) is 0 Å². The zero-order valence-electron chi connectivity index (χ0n) is 15.4. The van der Waals surface area contributed by atoms with Crippen LogP contribution < -0.4 is 15.0 Å². The number of carbonyl (C=O) groups excluding carboxylic acids is 3. The first-order valence-corrected chi connectivity index (χ1v) is 8.56. The number of nitrogens with one attached hydrogen (secondary N) is 1. The molecule has 4 amide bonds. The molecule has 0 spiro atoms. The van der Waals surface area contributed by atoms with E-state index in [-0.39, 0.29) is 5.57 Å². The molecule has 3 rings (SSSR count). The second-order valence-electron chi connectivity index (χ2n) is 6.48. The zero-order chi connectivity index (χ0) is 19.6. The molecule has 1 N–H and O–H groups in total. The lowest BCUT2D eigenvalue weighted by Crippen LogP contribution is -2.54. The highest BCUT2D eigenvalue weighted by Crippen LogP contribution is 2.24. The molecule has 2 aromatic carbocycles. The molecule has 6 nitrogen and oxygen atoms in total. The summed E-state index contributed by atoms with van der Waals surface area (Å²) in [7, 11) is 1.53. The third-order valence-electron chi connectivity index (χ3n) is 4.35. The second-order valence-corrected chi connectivity index (χ2v) is 6.48. The Morgan fingerprint density at radius 3 is 2.15 bits per heavy atom. The predicted molar refractivity (Wildman–Crippen MR) is 103 cm³/mol. The van der Waals surface area contributed by atoms with Gasteiger partial charge in [-0.15, -0.1) is 0 Å². The molecule has 1 aliphatic rings. The van der Waals surface area contributed by atoms with Crippen LogP contribution in [-0.2, 0) is 9.59 Å². The molecule has 1 aliphatic heterocycles. The summed E-state index contributed by atoms with van der Waals surface area (Å²) in [6.45, 7) is 4.17. The largest absolute Gasteiger partial charge is 0.497 e. The van der Waals surface area contributed by atoms with E-state index in [9.17, 15) is 14.4 Å². The number of amides is 4. The molecule has 1 fully saturated rings. The molecular weight excluding hydrogens is 344 g/mol. The topological polar surface area (TPSA) is 75.7 Å². The molecule has 0 saturated carbocycles. The Morgan fingerprint density at radius 2 is 1.59 bits per heavy atom. The van der Waals surface area contributed by atoms with E-state index in [2.05, 4.69) is 19.2 Å². The van der Waals surface area contributed by atoms with Crippen LogP contribution in [0.2, 0.25) is 0 Å². The van der Waals surface area contributed by atoms with Gasteiger partial charge < -0.3 is 4.74 Å². The lowest BCUT2D eigenvalue weighted by atomic mass is 10.0. The van der Waals surface area contributed by atoms with Gasteiger partial charge in [0.1, 0.15) is 11.3 Å². The van der Waals surface area contributed by atoms with E-state index in [0.29, 0.717) is 22.9 Å². The van der Waals surface area contributed by atoms with Crippen LogP contribution in [0.15, 0.2) is 54.1 Å². The molecule has 6 heteroatoms. The smallest absolute Gasteiger partial charge is 0.335 e. The van der Waals surface area contributed by atoms with E-state index in [4.69, 9.17) is 4.74 Å². The summed E-state index contributed by atoms with van der Waals surface area (Å²) in [4.78, 5) is 38.2. The Morgan fingerprint density at radius 1 is 0.963 bits per heavy atom. The number of ether oxygens (including phenoxy) is 1. The van der Waals surface area contributed by atoms with Crippen molar-refractivity contribution in [3.05, 3.63) is 65.2 Å². The first-order valence-electron chi connectivity index (χ1n) is 8.56. The Balaban J connectivity index is 1.93. The maximum Gasteiger partial charge on any atom is 0.335 e. The lowest BCUT2D eigenvalue weighted by Gasteiger charge is -2.26. The number of barbiturate groups is 1. The average Bonchev–Trinajstić information content (AvgIpc) is 2.66. The number of imide groups is 2. The zero-order valence-corrected chi connectivity index (χ0v) is 15.4. The highest BCUT2D eigenvalue weighted by Gasteiger charge is 2.36. The molecule has 0 bridgehead atoms. The fourth-order valence-corrected chi connectivity index (χ4v) is 2.77. The number of anilines is 1. The molecule has 0 aromatic heterocycles. The highest BCUT2D eigenvalue weighted by molar-refractivity contribution is 6.39. The number of nitrogens with zero attached hydrogens (tertiary/aromatic N) is 1. The van der Waals surface area contributed by atoms with Gasteiger partial charge >= 0.3 is 6.03 Å². The summed E-state index contributed by atoms with van der Waals surface area (Å²) in [5, 5.41) is 2.21. The monoisotopic (exact) mass is 364 g/mol. The van der Waals surface area contributed by atoms with Gasteiger partial charge in [0.25, 0.3) is 11.8 Å². The van der Waals surface area contributed by atoms with E-state index in [0.717, 1.165) is 10.5 Å². The Bertz CT molecular complexity index is 912. The van der Waals surface area contributed by atoms with Crippen molar-refractivity contribution in [2.75, 3.05) is 12.0 Å². The van der Waals surface area contributed by atoms with E-state index >= 15 is 0 Å². The maximum atomic E-state index is 12.8. The standard InChI is InChI=1S/C21H20N2O4/c1-13(2)15-6-4-14(5-7-15)12-18-19(24)22-21(26)23(20(18)25)16-8-10-17(27-3)11-9-16/h4-13H,1-3H3,(H,22,24,26)/b18-12+. The third-order valence-corrected chi connectivity index (χ3v) is 4.35. The molecule has 27 heavy (non-hydrogen) atoms. The number of benzene rings is 2. The van der Waals surface area contributed by atoms with Gasteiger partial charge in [-0.25, -0.2) is 9.69 Å². The molecule has 0 atom stereocenters. The number of hydrogen-bond donors (Lipinski definition) is 1. The summed E-state index contributed by atoms with van der Waals surface area (Å²) in [5.41, 5.74) is 2.13. The minimum absolute atomic E-state index is 0.0947. The Kier molecular flexibility index (Phi) is 5.07. The first-order chi connectivity index (χ1) is 12.9. The van der Waals surface area contributed by atoms with Crippen molar-refractivity contribution >= 4 is 29.6 Å². The van der Waals surface area contributed by atoms with Crippen molar-refractivity contribution in [3.8, 4) is 5.75 Å². The van der Waals surface area contributed by atoms with E-state index < -0.39 is 17.8 Å². The molecule has 0 aliphatic carbocycles. The number of methoxy groups -OCH3 is 1. The summed E-state index contributed by atoms with van der Waals surface area (Å²) in [6, 6.07) is 13.3. The molecule has 1 heterocycles. The van der Waals surface area contributed by atoms with Crippen molar-refractivity contribution in [3.63, 3.8) is 0 Å². The minimum Gasteiger partial charge on any atom is -0.497 e. The van der Waals surface area contributed by atoms with Crippen molar-refractivity contribution in [2.24, 2.45) is 0 Å². The van der Waals surface area contributed by atoms with Crippen LogP contribution in [0.1, 0.15) is 30.9 Å². The van der Waals surface area contributed by atoms with Gasteiger partial charge in [-0.1, -0.05) is 38.1 Å². The van der Waals surface area contributed by atoms with Gasteiger partial charge in [-0.2, -0.15) is 0 Å². The van der Waals surface area contributed by atoms with Crippen LogP contribution in [-0.4, -0.2) is 25.0 Å². The maximum absolute atomic E-state index is 12.8. The van der Waals surface area contributed by atoms with E-state index in [1.54, 1.807) is 24.3 Å². The first kappa shape index (κ1) is 18.4. The van der Waals surface area contributed by atoms with Gasteiger partial charge in [0.05, 0.1) is 12.8 Å². The molecular formula is C21H20N2O4. The summed E-state index contributed by atoms with van der Waals surface area (Å²) in [5.74, 6) is -0.389. The number of hydrogen-bond acceptors (Lipinski definition) is 4. The van der Waals surface area contributed by atoms with E-state index in [1.807, 2.05) is 24.3 Å². The fraction of sp³-hybridized carbons (Fsp3) is 0.190. The minimum atomic E-state index is -0.775. The number of urea groups is 1. The van der Waals surface area contributed by atoms with Crippen LogP contribution in [0.5, 0.6) is 5.75 Å². The normalized spacial score (nSPS) is 16.1. The van der Waals surface area contributed by atoms with Crippen LogP contribution in [0.25, 0.3) is 6.08 Å². The Hall–Kier alpha value is -3.41. The van der Waals surface area contributed by atoms with Gasteiger partial charge in [-0.3, -0.25) is 14.9 Å². The van der Waals surface area contributed by atoms with Gasteiger partial charge in [-0.05, 0) is 47.4 Å². The van der Waals surface area contributed by atoms with E-state index in [1.165, 1.54) is 13.2 Å². The lowest BCUT2D eigenvalue weighted by molar-refractivity contribution is -0.122. The van der Waals surface area contributed by atoms with Gasteiger partial charge in [0.2, 0.25) is 0 Å². The Labute approximate surface area is 157 Å². The fourth-order valence-electron chi connectivity index (χ4n) is 2.77. The van der Waals surface area contributed by atoms with Crippen molar-refractivity contribution in [2.45, 2.75) is 19.8 Å². The highest BCUT2D eigenvalue weighted by atomic mass is 16.5. The molecule has 2 aromatic rings. The van der Waals surface area contributed by atoms with Crippen LogP contribution >= 0.6 is 0 Å². The van der Waals surface area contributed by atoms with Gasteiger partial charge in [0, 0.05) is 0 Å². The molecule has 0 unspecified atom stereocenters. The number of carbonyl (C=O) groups is 3. The van der Waals surface area contributed by atoms with Crippen molar-refractivity contribution < 1.29 is 19.1 Å². The van der Waals surface area contributed by atoms with Crippen LogP contribution in [0.4, 0.5) is 10.5 Å². The number of rotatable bonds is 4.